The second kappa shape index (κ2) is 12.1. The molecule has 2 aromatic carbocycles. The van der Waals surface area contributed by atoms with Crippen LogP contribution in [0.3, 0.4) is 0 Å². The molecule has 2 rings (SSSR count). The summed E-state index contributed by atoms with van der Waals surface area (Å²) in [6, 6.07) is 12.9. The summed E-state index contributed by atoms with van der Waals surface area (Å²) >= 11 is 0. The maximum atomic E-state index is 13.3. The molecular formula is C25H33FN2O3. The average Bonchev–Trinajstić information content (AvgIpc) is 2.77. The van der Waals surface area contributed by atoms with E-state index < -0.39 is 6.04 Å². The number of rotatable bonds is 11. The van der Waals surface area contributed by atoms with E-state index >= 15 is 0 Å². The lowest BCUT2D eigenvalue weighted by molar-refractivity contribution is -0.142. The van der Waals surface area contributed by atoms with Crippen LogP contribution in [0.1, 0.15) is 57.6 Å². The summed E-state index contributed by atoms with van der Waals surface area (Å²) < 4.78 is 19.0. The second-order valence-corrected chi connectivity index (χ2v) is 7.98. The molecule has 0 aliphatic heterocycles. The van der Waals surface area contributed by atoms with Crippen LogP contribution < -0.4 is 10.1 Å². The van der Waals surface area contributed by atoms with Crippen LogP contribution in [0.5, 0.6) is 5.75 Å². The number of nitrogens with one attached hydrogen (secondary N) is 1. The number of halogens is 1. The van der Waals surface area contributed by atoms with Gasteiger partial charge in [0.1, 0.15) is 17.6 Å². The summed E-state index contributed by atoms with van der Waals surface area (Å²) in [5.74, 6) is 0.134. The monoisotopic (exact) mass is 428 g/mol. The van der Waals surface area contributed by atoms with Crippen molar-refractivity contribution in [2.45, 2.75) is 59.0 Å². The lowest BCUT2D eigenvalue weighted by Gasteiger charge is -2.28. The van der Waals surface area contributed by atoms with Gasteiger partial charge in [0.05, 0.1) is 0 Å². The minimum Gasteiger partial charge on any atom is -0.484 e. The molecule has 2 aromatic rings. The Labute approximate surface area is 184 Å². The molecule has 0 heterocycles. The smallest absolute Gasteiger partial charge is 0.261 e. The van der Waals surface area contributed by atoms with Crippen molar-refractivity contribution < 1.29 is 18.7 Å². The number of benzene rings is 2. The fraction of sp³-hybridized carbons (Fsp3) is 0.440. The van der Waals surface area contributed by atoms with Gasteiger partial charge in [-0.05, 0) is 54.7 Å². The molecule has 0 saturated heterocycles. The van der Waals surface area contributed by atoms with E-state index in [-0.39, 0.29) is 30.8 Å². The summed E-state index contributed by atoms with van der Waals surface area (Å²) in [5, 5.41) is 2.87. The molecule has 0 saturated carbocycles. The van der Waals surface area contributed by atoms with Crippen LogP contribution >= 0.6 is 0 Å². The number of unbranched alkanes of at least 4 members (excludes halogenated alkanes) is 1. The number of carbonyl (C=O) groups is 2. The number of hydrogen-bond donors (Lipinski definition) is 1. The topological polar surface area (TPSA) is 58.6 Å². The molecule has 0 radical (unpaired) electrons. The van der Waals surface area contributed by atoms with Crippen molar-refractivity contribution in [3.63, 3.8) is 0 Å². The van der Waals surface area contributed by atoms with Gasteiger partial charge in [0.25, 0.3) is 5.91 Å². The number of hydrogen-bond acceptors (Lipinski definition) is 3. The third kappa shape index (κ3) is 7.70. The Bertz CT molecular complexity index is 835. The van der Waals surface area contributed by atoms with E-state index in [9.17, 15) is 14.0 Å². The summed E-state index contributed by atoms with van der Waals surface area (Å²) in [6.07, 6.45) is 1.84. The molecule has 0 aliphatic rings. The molecule has 31 heavy (non-hydrogen) atoms. The van der Waals surface area contributed by atoms with E-state index in [2.05, 4.69) is 19.2 Å². The van der Waals surface area contributed by atoms with Gasteiger partial charge in [0.2, 0.25) is 5.91 Å². The summed E-state index contributed by atoms with van der Waals surface area (Å²) in [6.45, 7) is 8.54. The first-order valence-corrected chi connectivity index (χ1v) is 10.9. The molecule has 1 unspecified atom stereocenters. The SMILES string of the molecule is CCCCNC(=O)C(C)N(Cc1ccc(F)cc1)C(=O)COc1ccc(C(C)C)cc1. The minimum atomic E-state index is -0.679. The highest BCUT2D eigenvalue weighted by Gasteiger charge is 2.26. The Hall–Kier alpha value is -2.89. The van der Waals surface area contributed by atoms with Crippen LogP contribution in [0.15, 0.2) is 48.5 Å². The van der Waals surface area contributed by atoms with Gasteiger partial charge < -0.3 is 15.0 Å². The Morgan fingerprint density at radius 3 is 2.26 bits per heavy atom. The van der Waals surface area contributed by atoms with E-state index in [1.807, 2.05) is 31.2 Å². The summed E-state index contributed by atoms with van der Waals surface area (Å²) in [4.78, 5) is 27.0. The zero-order valence-corrected chi connectivity index (χ0v) is 18.9. The van der Waals surface area contributed by atoms with Crippen LogP contribution in [0.4, 0.5) is 4.39 Å². The molecule has 0 bridgehead atoms. The first-order valence-electron chi connectivity index (χ1n) is 10.9. The third-order valence-electron chi connectivity index (χ3n) is 5.17. The fourth-order valence-electron chi connectivity index (χ4n) is 3.08. The minimum absolute atomic E-state index is 0.186. The molecule has 0 spiro atoms. The fourth-order valence-corrected chi connectivity index (χ4v) is 3.08. The quantitative estimate of drug-likeness (QED) is 0.530. The van der Waals surface area contributed by atoms with Crippen LogP contribution in [0, 0.1) is 5.82 Å². The van der Waals surface area contributed by atoms with Crippen molar-refractivity contribution in [1.82, 2.24) is 10.2 Å². The third-order valence-corrected chi connectivity index (χ3v) is 5.17. The van der Waals surface area contributed by atoms with Gasteiger partial charge in [-0.2, -0.15) is 0 Å². The predicted molar refractivity (Wildman–Crippen MR) is 120 cm³/mol. The van der Waals surface area contributed by atoms with Crippen molar-refractivity contribution in [1.29, 1.82) is 0 Å². The molecule has 168 valence electrons. The number of ether oxygens (including phenoxy) is 1. The highest BCUT2D eigenvalue weighted by Crippen LogP contribution is 2.19. The standard InChI is InChI=1S/C25H33FN2O3/c1-5-6-15-27-25(30)19(4)28(16-20-7-11-22(26)12-8-20)24(29)17-31-23-13-9-21(10-14-23)18(2)3/h7-14,18-19H,5-6,15-17H2,1-4H3,(H,27,30). The van der Waals surface area contributed by atoms with Gasteiger partial charge in [0, 0.05) is 13.1 Å². The van der Waals surface area contributed by atoms with Crippen LogP contribution in [-0.4, -0.2) is 35.9 Å². The van der Waals surface area contributed by atoms with Crippen LogP contribution in [0.25, 0.3) is 0 Å². The van der Waals surface area contributed by atoms with Crippen molar-refractivity contribution >= 4 is 11.8 Å². The first-order chi connectivity index (χ1) is 14.8. The van der Waals surface area contributed by atoms with Crippen molar-refractivity contribution in [3.05, 3.63) is 65.5 Å². The normalized spacial score (nSPS) is 11.8. The molecule has 0 fully saturated rings. The zero-order chi connectivity index (χ0) is 22.8. The molecular weight excluding hydrogens is 395 g/mol. The predicted octanol–water partition coefficient (Wildman–Crippen LogP) is 4.66. The van der Waals surface area contributed by atoms with Crippen molar-refractivity contribution in [2.24, 2.45) is 0 Å². The number of amides is 2. The van der Waals surface area contributed by atoms with E-state index in [0.717, 1.165) is 18.4 Å². The second-order valence-electron chi connectivity index (χ2n) is 7.98. The molecule has 0 aliphatic carbocycles. The highest BCUT2D eigenvalue weighted by molar-refractivity contribution is 5.87. The van der Waals surface area contributed by atoms with E-state index in [4.69, 9.17) is 4.74 Å². The first kappa shape index (κ1) is 24.4. The Kier molecular flexibility index (Phi) is 9.50. The molecule has 2 amide bonds. The molecule has 1 atom stereocenters. The Balaban J connectivity index is 2.08. The molecule has 5 nitrogen and oxygen atoms in total. The maximum absolute atomic E-state index is 13.3. The van der Waals surface area contributed by atoms with Gasteiger partial charge in [-0.3, -0.25) is 9.59 Å². The van der Waals surface area contributed by atoms with Crippen LogP contribution in [-0.2, 0) is 16.1 Å². The Morgan fingerprint density at radius 2 is 1.68 bits per heavy atom. The Morgan fingerprint density at radius 1 is 1.03 bits per heavy atom. The number of carbonyl (C=O) groups excluding carboxylic acids is 2. The largest absolute Gasteiger partial charge is 0.484 e. The molecule has 0 aromatic heterocycles. The average molecular weight is 429 g/mol. The summed E-state index contributed by atoms with van der Waals surface area (Å²) in [5.41, 5.74) is 1.93. The molecule has 1 N–H and O–H groups in total. The van der Waals surface area contributed by atoms with E-state index in [0.29, 0.717) is 18.2 Å². The van der Waals surface area contributed by atoms with Gasteiger partial charge >= 0.3 is 0 Å². The lowest BCUT2D eigenvalue weighted by atomic mass is 10.0. The van der Waals surface area contributed by atoms with Crippen molar-refractivity contribution in [2.75, 3.05) is 13.2 Å². The van der Waals surface area contributed by atoms with Crippen molar-refractivity contribution in [3.8, 4) is 5.75 Å². The van der Waals surface area contributed by atoms with E-state index in [1.165, 1.54) is 22.6 Å². The van der Waals surface area contributed by atoms with Gasteiger partial charge in [0.15, 0.2) is 6.61 Å². The van der Waals surface area contributed by atoms with E-state index in [1.54, 1.807) is 19.1 Å². The van der Waals surface area contributed by atoms with Gasteiger partial charge in [-0.25, -0.2) is 4.39 Å². The summed E-state index contributed by atoms with van der Waals surface area (Å²) in [7, 11) is 0. The lowest BCUT2D eigenvalue weighted by Crippen LogP contribution is -2.49. The maximum Gasteiger partial charge on any atom is 0.261 e. The molecule has 6 heteroatoms. The highest BCUT2D eigenvalue weighted by atomic mass is 19.1. The number of nitrogens with zero attached hydrogens (tertiary/aromatic N) is 1. The van der Waals surface area contributed by atoms with Gasteiger partial charge in [-0.15, -0.1) is 0 Å². The van der Waals surface area contributed by atoms with Crippen LogP contribution in [0.2, 0.25) is 0 Å². The zero-order valence-electron chi connectivity index (χ0n) is 18.9. The van der Waals surface area contributed by atoms with Gasteiger partial charge in [-0.1, -0.05) is 51.5 Å².